The van der Waals surface area contributed by atoms with E-state index in [4.69, 9.17) is 0 Å². The molecule has 0 saturated carbocycles. The summed E-state index contributed by atoms with van der Waals surface area (Å²) in [6, 6.07) is 18.2. The second-order valence-electron chi connectivity index (χ2n) is 6.94. The maximum atomic E-state index is 12.7. The van der Waals surface area contributed by atoms with Gasteiger partial charge < -0.3 is 4.90 Å². The zero-order valence-corrected chi connectivity index (χ0v) is 16.4. The smallest absolute Gasteiger partial charge is 0.244 e. The second kappa shape index (κ2) is 8.21. The summed E-state index contributed by atoms with van der Waals surface area (Å²) in [5.74, 6) is -0.0340. The number of rotatable bonds is 6. The molecule has 27 heavy (non-hydrogen) atoms. The maximum absolute atomic E-state index is 12.7. The summed E-state index contributed by atoms with van der Waals surface area (Å²) in [7, 11) is 0.184. The number of likely N-dealkylation sites (N-methyl/N-ethyl adjacent to an activating group) is 2. The molecule has 0 aliphatic carbocycles. The van der Waals surface area contributed by atoms with Crippen LogP contribution in [0.25, 0.3) is 0 Å². The first-order valence-electron chi connectivity index (χ1n) is 8.90. The van der Waals surface area contributed by atoms with Crippen LogP contribution in [-0.2, 0) is 20.6 Å². The van der Waals surface area contributed by atoms with Crippen molar-refractivity contribution in [2.75, 3.05) is 27.2 Å². The van der Waals surface area contributed by atoms with E-state index in [1.807, 2.05) is 60.5 Å². The number of amides is 1. The Morgan fingerprint density at radius 3 is 2.22 bits per heavy atom. The standard InChI is InChI=1S/C20H25N3O3S/c1-22-14-18(13-21-27(25,26)15-16-9-5-3-6-10-16)23(2)19(20(22)24)17-11-7-4-8-12-17/h3-12,18-19,21H,13-15H2,1-2H3/t18-,19+/m1/s1. The highest BCUT2D eigenvalue weighted by molar-refractivity contribution is 7.88. The van der Waals surface area contributed by atoms with Crippen LogP contribution >= 0.6 is 0 Å². The Hall–Kier alpha value is -2.22. The van der Waals surface area contributed by atoms with Gasteiger partial charge in [0, 0.05) is 26.2 Å². The van der Waals surface area contributed by atoms with Crippen molar-refractivity contribution < 1.29 is 13.2 Å². The van der Waals surface area contributed by atoms with Crippen molar-refractivity contribution >= 4 is 15.9 Å². The van der Waals surface area contributed by atoms with Crippen molar-refractivity contribution in [3.8, 4) is 0 Å². The quantitative estimate of drug-likeness (QED) is 0.818. The van der Waals surface area contributed by atoms with Gasteiger partial charge in [0.15, 0.2) is 0 Å². The van der Waals surface area contributed by atoms with Crippen LogP contribution in [-0.4, -0.2) is 57.4 Å². The van der Waals surface area contributed by atoms with E-state index in [0.29, 0.717) is 6.54 Å². The highest BCUT2D eigenvalue weighted by Crippen LogP contribution is 2.27. The Morgan fingerprint density at radius 1 is 1.00 bits per heavy atom. The van der Waals surface area contributed by atoms with Gasteiger partial charge in [-0.15, -0.1) is 0 Å². The summed E-state index contributed by atoms with van der Waals surface area (Å²) in [5, 5.41) is 0. The molecule has 0 unspecified atom stereocenters. The Morgan fingerprint density at radius 2 is 1.59 bits per heavy atom. The normalized spacial score (nSPS) is 21.4. The molecule has 1 fully saturated rings. The van der Waals surface area contributed by atoms with Crippen LogP contribution in [0.3, 0.4) is 0 Å². The summed E-state index contributed by atoms with van der Waals surface area (Å²) in [6.45, 7) is 0.735. The summed E-state index contributed by atoms with van der Waals surface area (Å²) in [6.07, 6.45) is 0. The maximum Gasteiger partial charge on any atom is 0.244 e. The van der Waals surface area contributed by atoms with E-state index in [1.54, 1.807) is 24.1 Å². The van der Waals surface area contributed by atoms with Crippen LogP contribution in [0, 0.1) is 0 Å². The number of carbonyl (C=O) groups is 1. The molecule has 144 valence electrons. The van der Waals surface area contributed by atoms with E-state index >= 15 is 0 Å². The van der Waals surface area contributed by atoms with Crippen LogP contribution in [0.1, 0.15) is 17.2 Å². The van der Waals surface area contributed by atoms with Crippen molar-refractivity contribution in [3.63, 3.8) is 0 Å². The van der Waals surface area contributed by atoms with Gasteiger partial charge >= 0.3 is 0 Å². The van der Waals surface area contributed by atoms with Crippen molar-refractivity contribution in [2.24, 2.45) is 0 Å². The van der Waals surface area contributed by atoms with E-state index in [2.05, 4.69) is 4.72 Å². The fourth-order valence-corrected chi connectivity index (χ4v) is 4.60. The van der Waals surface area contributed by atoms with Gasteiger partial charge in [0.05, 0.1) is 5.75 Å². The van der Waals surface area contributed by atoms with E-state index in [-0.39, 0.29) is 24.2 Å². The molecular formula is C20H25N3O3S. The number of sulfonamides is 1. The summed E-state index contributed by atoms with van der Waals surface area (Å²) in [5.41, 5.74) is 1.66. The number of piperazine rings is 1. The summed E-state index contributed by atoms with van der Waals surface area (Å²) >= 11 is 0. The topological polar surface area (TPSA) is 69.7 Å². The van der Waals surface area contributed by atoms with Gasteiger partial charge in [-0.05, 0) is 18.2 Å². The first-order valence-corrected chi connectivity index (χ1v) is 10.6. The zero-order valence-electron chi connectivity index (χ0n) is 15.6. The van der Waals surface area contributed by atoms with Crippen molar-refractivity contribution in [3.05, 3.63) is 71.8 Å². The third-order valence-electron chi connectivity index (χ3n) is 4.93. The van der Waals surface area contributed by atoms with E-state index < -0.39 is 16.1 Å². The highest BCUT2D eigenvalue weighted by atomic mass is 32.2. The van der Waals surface area contributed by atoms with Crippen LogP contribution < -0.4 is 4.72 Å². The van der Waals surface area contributed by atoms with Crippen LogP contribution in [0.2, 0.25) is 0 Å². The van der Waals surface area contributed by atoms with Crippen molar-refractivity contribution in [1.29, 1.82) is 0 Å². The summed E-state index contributed by atoms with van der Waals surface area (Å²) < 4.78 is 27.6. The Balaban J connectivity index is 1.70. The molecule has 7 heteroatoms. The first-order chi connectivity index (χ1) is 12.9. The molecular weight excluding hydrogens is 362 g/mol. The molecule has 1 heterocycles. The number of benzene rings is 2. The van der Waals surface area contributed by atoms with Crippen molar-refractivity contribution in [2.45, 2.75) is 17.8 Å². The average molecular weight is 388 g/mol. The molecule has 0 spiro atoms. The molecule has 0 bridgehead atoms. The van der Waals surface area contributed by atoms with E-state index in [9.17, 15) is 13.2 Å². The molecule has 2 atom stereocenters. The van der Waals surface area contributed by atoms with Crippen LogP contribution in [0.15, 0.2) is 60.7 Å². The fourth-order valence-electron chi connectivity index (χ4n) is 3.42. The lowest BCUT2D eigenvalue weighted by molar-refractivity contribution is -0.142. The minimum atomic E-state index is -3.45. The largest absolute Gasteiger partial charge is 0.342 e. The minimum absolute atomic E-state index is 0.0205. The monoisotopic (exact) mass is 387 g/mol. The van der Waals surface area contributed by atoms with E-state index in [1.165, 1.54) is 0 Å². The third kappa shape index (κ3) is 4.74. The lowest BCUT2D eigenvalue weighted by Crippen LogP contribution is -2.58. The van der Waals surface area contributed by atoms with Gasteiger partial charge in [-0.3, -0.25) is 9.69 Å². The minimum Gasteiger partial charge on any atom is -0.342 e. The molecule has 1 amide bonds. The third-order valence-corrected chi connectivity index (χ3v) is 6.25. The molecule has 1 aliphatic heterocycles. The number of nitrogens with one attached hydrogen (secondary N) is 1. The molecule has 6 nitrogen and oxygen atoms in total. The van der Waals surface area contributed by atoms with Gasteiger partial charge in [-0.2, -0.15) is 0 Å². The predicted molar refractivity (Wildman–Crippen MR) is 105 cm³/mol. The highest BCUT2D eigenvalue weighted by Gasteiger charge is 2.38. The lowest BCUT2D eigenvalue weighted by atomic mass is 9.99. The Bertz CT molecular complexity index is 872. The molecule has 3 rings (SSSR count). The van der Waals surface area contributed by atoms with Gasteiger partial charge in [-0.1, -0.05) is 60.7 Å². The molecule has 1 saturated heterocycles. The fraction of sp³-hybridized carbons (Fsp3) is 0.350. The van der Waals surface area contributed by atoms with Gasteiger partial charge in [0.1, 0.15) is 6.04 Å². The lowest BCUT2D eigenvalue weighted by Gasteiger charge is -2.43. The average Bonchev–Trinajstić information content (AvgIpc) is 2.65. The molecule has 2 aromatic rings. The Labute approximate surface area is 160 Å². The van der Waals surface area contributed by atoms with Gasteiger partial charge in [-0.25, -0.2) is 13.1 Å². The number of hydrogen-bond acceptors (Lipinski definition) is 4. The number of carbonyl (C=O) groups excluding carboxylic acids is 1. The Kier molecular flexibility index (Phi) is 5.94. The summed E-state index contributed by atoms with van der Waals surface area (Å²) in [4.78, 5) is 16.3. The first kappa shape index (κ1) is 19.5. The van der Waals surface area contributed by atoms with Gasteiger partial charge in [0.25, 0.3) is 0 Å². The van der Waals surface area contributed by atoms with Gasteiger partial charge in [0.2, 0.25) is 15.9 Å². The molecule has 1 aliphatic rings. The second-order valence-corrected chi connectivity index (χ2v) is 8.75. The molecule has 1 N–H and O–H groups in total. The molecule has 0 radical (unpaired) electrons. The zero-order chi connectivity index (χ0) is 19.4. The van der Waals surface area contributed by atoms with E-state index in [0.717, 1.165) is 11.1 Å². The van der Waals surface area contributed by atoms with Crippen LogP contribution in [0.4, 0.5) is 0 Å². The molecule has 2 aromatic carbocycles. The van der Waals surface area contributed by atoms with Crippen LogP contribution in [0.5, 0.6) is 0 Å². The SMILES string of the molecule is CN1C[C@@H](CNS(=O)(=O)Cc2ccccc2)N(C)[C@@H](c2ccccc2)C1=O. The predicted octanol–water partition coefficient (Wildman–Crippen LogP) is 1.62. The van der Waals surface area contributed by atoms with Crippen molar-refractivity contribution in [1.82, 2.24) is 14.5 Å². The molecule has 0 aromatic heterocycles. The number of hydrogen-bond donors (Lipinski definition) is 1. The number of nitrogens with zero attached hydrogens (tertiary/aromatic N) is 2.